The van der Waals surface area contributed by atoms with E-state index in [9.17, 15) is 18.0 Å². The van der Waals surface area contributed by atoms with Crippen LogP contribution in [0.25, 0.3) is 10.8 Å². The zero-order valence-corrected chi connectivity index (χ0v) is 26.1. The van der Waals surface area contributed by atoms with Crippen molar-refractivity contribution in [3.8, 4) is 0 Å². The third kappa shape index (κ3) is 5.87. The fourth-order valence-electron chi connectivity index (χ4n) is 6.06. The summed E-state index contributed by atoms with van der Waals surface area (Å²) in [6, 6.07) is 10.2. The van der Waals surface area contributed by atoms with Gasteiger partial charge in [-0.15, -0.1) is 0 Å². The molecule has 2 aromatic carbocycles. The molecule has 1 saturated heterocycles. The molecule has 39 heavy (non-hydrogen) atoms. The highest BCUT2D eigenvalue weighted by Gasteiger charge is 2.59. The van der Waals surface area contributed by atoms with Gasteiger partial charge in [-0.1, -0.05) is 71.2 Å². The maximum atomic E-state index is 14.2. The van der Waals surface area contributed by atoms with Gasteiger partial charge < -0.3 is 9.74 Å². The van der Waals surface area contributed by atoms with E-state index < -0.39 is 42.5 Å². The number of β-lactam (4-membered cyclic amide) rings is 1. The van der Waals surface area contributed by atoms with Crippen LogP contribution in [0.2, 0.25) is 13.1 Å². The van der Waals surface area contributed by atoms with E-state index in [1.54, 1.807) is 19.1 Å². The number of rotatable bonds is 9. The average molecular weight is 572 g/mol. The number of fused-ring (bicyclic) bond motifs is 1. The lowest BCUT2D eigenvalue weighted by Crippen LogP contribution is -2.72. The maximum absolute atomic E-state index is 14.2. The Labute approximate surface area is 235 Å². The van der Waals surface area contributed by atoms with Crippen LogP contribution in [0, 0.1) is 17.3 Å². The van der Waals surface area contributed by atoms with Crippen LogP contribution >= 0.6 is 0 Å². The van der Waals surface area contributed by atoms with Crippen molar-refractivity contribution in [1.82, 2.24) is 10.0 Å². The number of benzene rings is 2. The molecule has 1 aliphatic carbocycles. The molecular formula is C30H43N2O5SSi. The normalized spacial score (nSPS) is 23.2. The highest BCUT2D eigenvalue weighted by atomic mass is 32.2. The molecule has 2 aliphatic rings. The Bertz CT molecular complexity index is 1350. The molecule has 1 radical (unpaired) electrons. The van der Waals surface area contributed by atoms with E-state index in [2.05, 4.69) is 30.8 Å². The first-order chi connectivity index (χ1) is 18.2. The Kier molecular flexibility index (Phi) is 8.49. The largest absolute Gasteiger partial charge is 0.411 e. The van der Waals surface area contributed by atoms with E-state index in [0.717, 1.165) is 42.9 Å². The zero-order valence-electron chi connectivity index (χ0n) is 24.3. The monoisotopic (exact) mass is 571 g/mol. The summed E-state index contributed by atoms with van der Waals surface area (Å²) in [6.07, 6.45) is 4.69. The third-order valence-corrected chi connectivity index (χ3v) is 11.1. The molecule has 1 aliphatic heterocycles. The first-order valence-electron chi connectivity index (χ1n) is 14.0. The Balaban J connectivity index is 1.73. The van der Waals surface area contributed by atoms with Gasteiger partial charge in [0.25, 0.3) is 0 Å². The molecule has 7 nitrogen and oxygen atoms in total. The van der Waals surface area contributed by atoms with Crippen LogP contribution in [0.3, 0.4) is 0 Å². The predicted molar refractivity (Wildman–Crippen MR) is 156 cm³/mol. The summed E-state index contributed by atoms with van der Waals surface area (Å²) >= 11 is 0. The Morgan fingerprint density at radius 2 is 1.64 bits per heavy atom. The first-order valence-corrected chi connectivity index (χ1v) is 17.9. The molecule has 4 atom stereocenters. The Morgan fingerprint density at radius 3 is 2.18 bits per heavy atom. The molecule has 0 spiro atoms. The number of sulfonamides is 1. The summed E-state index contributed by atoms with van der Waals surface area (Å²) in [6.45, 7) is 14.0. The van der Waals surface area contributed by atoms with Gasteiger partial charge >= 0.3 is 0 Å². The lowest BCUT2D eigenvalue weighted by molar-refractivity contribution is -0.161. The van der Waals surface area contributed by atoms with E-state index in [-0.39, 0.29) is 33.6 Å². The van der Waals surface area contributed by atoms with Crippen molar-refractivity contribution in [2.24, 2.45) is 17.3 Å². The minimum Gasteiger partial charge on any atom is -0.411 e. The van der Waals surface area contributed by atoms with Crippen LogP contribution in [0.1, 0.15) is 77.1 Å². The van der Waals surface area contributed by atoms with Gasteiger partial charge in [-0.05, 0) is 61.2 Å². The second-order valence-electron chi connectivity index (χ2n) is 12.7. The highest BCUT2D eigenvalue weighted by molar-refractivity contribution is 7.89. The molecule has 213 valence electrons. The van der Waals surface area contributed by atoms with Crippen LogP contribution in [-0.4, -0.2) is 46.8 Å². The SMILES string of the molecule is C[C@@H](C(=O)c1cc2ccccc2cc1S(=O)(=O)NC1CCCCC1)[C@H]1NC(=O)[C@@H]1[C@@](C)(O[Si](C)C)C(C)(C)C. The number of carbonyl (C=O) groups excluding carboxylic acids is 2. The molecular weight excluding hydrogens is 528 g/mol. The van der Waals surface area contributed by atoms with Crippen molar-refractivity contribution in [1.29, 1.82) is 0 Å². The summed E-state index contributed by atoms with van der Waals surface area (Å²) in [5.41, 5.74) is -0.981. The van der Waals surface area contributed by atoms with Crippen LogP contribution < -0.4 is 10.0 Å². The zero-order chi connectivity index (χ0) is 28.8. The molecule has 1 saturated carbocycles. The number of ketones is 1. The number of hydrogen-bond acceptors (Lipinski definition) is 5. The predicted octanol–water partition coefficient (Wildman–Crippen LogP) is 5.46. The molecule has 4 rings (SSSR count). The lowest BCUT2D eigenvalue weighted by atomic mass is 9.62. The van der Waals surface area contributed by atoms with E-state index in [4.69, 9.17) is 4.43 Å². The van der Waals surface area contributed by atoms with Gasteiger partial charge in [-0.3, -0.25) is 9.59 Å². The fourth-order valence-corrected chi connectivity index (χ4v) is 8.88. The van der Waals surface area contributed by atoms with Gasteiger partial charge in [0, 0.05) is 17.5 Å². The smallest absolute Gasteiger partial charge is 0.241 e. The molecule has 1 heterocycles. The van der Waals surface area contributed by atoms with Gasteiger partial charge in [0.15, 0.2) is 5.78 Å². The van der Waals surface area contributed by atoms with E-state index >= 15 is 0 Å². The number of Topliss-reactive ketones (excluding diaryl/α,β-unsaturated/α-hetero) is 1. The summed E-state index contributed by atoms with van der Waals surface area (Å²) in [5.74, 6) is -1.61. The maximum Gasteiger partial charge on any atom is 0.241 e. The number of carbonyl (C=O) groups is 2. The quantitative estimate of drug-likeness (QED) is 0.237. The Morgan fingerprint density at radius 1 is 1.05 bits per heavy atom. The number of hydrogen-bond donors (Lipinski definition) is 2. The molecule has 0 aromatic heterocycles. The second kappa shape index (κ2) is 11.1. The van der Waals surface area contributed by atoms with Crippen molar-refractivity contribution >= 4 is 41.5 Å². The van der Waals surface area contributed by atoms with E-state index in [1.807, 2.05) is 44.3 Å². The average Bonchev–Trinajstić information content (AvgIpc) is 2.84. The highest BCUT2D eigenvalue weighted by Crippen LogP contribution is 2.46. The van der Waals surface area contributed by atoms with Gasteiger partial charge in [0.1, 0.15) is 0 Å². The van der Waals surface area contributed by atoms with Gasteiger partial charge in [-0.25, -0.2) is 13.1 Å². The molecule has 2 aromatic rings. The minimum absolute atomic E-state index is 0.00766. The molecule has 0 unspecified atom stereocenters. The first kappa shape index (κ1) is 29.9. The number of amides is 1. The summed E-state index contributed by atoms with van der Waals surface area (Å²) in [5, 5.41) is 4.52. The van der Waals surface area contributed by atoms with E-state index in [0.29, 0.717) is 0 Å². The third-order valence-electron chi connectivity index (χ3n) is 8.73. The molecule has 2 N–H and O–H groups in total. The van der Waals surface area contributed by atoms with Crippen LogP contribution in [-0.2, 0) is 19.2 Å². The van der Waals surface area contributed by atoms with Gasteiger partial charge in [0.05, 0.1) is 22.5 Å². The molecule has 1 amide bonds. The second-order valence-corrected chi connectivity index (χ2v) is 16.4. The fraction of sp³-hybridized carbons (Fsp3) is 0.600. The van der Waals surface area contributed by atoms with Gasteiger partial charge in [-0.2, -0.15) is 0 Å². The van der Waals surface area contributed by atoms with Crippen LogP contribution in [0.4, 0.5) is 0 Å². The van der Waals surface area contributed by atoms with Crippen molar-refractivity contribution in [3.63, 3.8) is 0 Å². The van der Waals surface area contributed by atoms with E-state index in [1.165, 1.54) is 0 Å². The Hall–Kier alpha value is -2.07. The van der Waals surface area contributed by atoms with Gasteiger partial charge in [0.2, 0.25) is 25.0 Å². The van der Waals surface area contributed by atoms with Crippen molar-refractivity contribution in [2.75, 3.05) is 0 Å². The minimum atomic E-state index is -3.95. The van der Waals surface area contributed by atoms with Crippen molar-refractivity contribution < 1.29 is 22.4 Å². The molecule has 9 heteroatoms. The molecule has 2 fully saturated rings. The summed E-state index contributed by atoms with van der Waals surface area (Å²) in [7, 11) is -5.10. The topological polar surface area (TPSA) is 102 Å². The summed E-state index contributed by atoms with van der Waals surface area (Å²) in [4.78, 5) is 27.2. The number of nitrogens with one attached hydrogen (secondary N) is 2. The van der Waals surface area contributed by atoms with Crippen molar-refractivity contribution in [2.45, 2.75) is 102 Å². The van der Waals surface area contributed by atoms with Crippen LogP contribution in [0.15, 0.2) is 41.3 Å². The molecule has 0 bridgehead atoms. The standard InChI is InChI=1S/C30H43N2O5SSi/c1-19(26-25(28(34)31-26)30(5,29(2,3)4)37-39(6)7)27(33)23-17-20-13-11-12-14-21(20)18-24(23)38(35,36)32-22-15-9-8-10-16-22/h11-14,17-19,22,25-26,32H,8-10,15-16H2,1-7H3,(H,31,34)/t19-,25-,26-,30-/m1/s1. The van der Waals surface area contributed by atoms with Crippen molar-refractivity contribution in [3.05, 3.63) is 42.0 Å². The lowest BCUT2D eigenvalue weighted by Gasteiger charge is -2.55. The summed E-state index contributed by atoms with van der Waals surface area (Å²) < 4.78 is 36.8. The van der Waals surface area contributed by atoms with Crippen LogP contribution in [0.5, 0.6) is 0 Å².